The van der Waals surface area contributed by atoms with Crippen LogP contribution in [0.5, 0.6) is 0 Å². The fourth-order valence-corrected chi connectivity index (χ4v) is 4.01. The van der Waals surface area contributed by atoms with E-state index in [1.54, 1.807) is 11.8 Å². The van der Waals surface area contributed by atoms with Gasteiger partial charge >= 0.3 is 0 Å². The minimum atomic E-state index is 0.728. The highest BCUT2D eigenvalue weighted by Crippen LogP contribution is 2.28. The summed E-state index contributed by atoms with van der Waals surface area (Å²) in [6, 6.07) is 14.8. The lowest BCUT2D eigenvalue weighted by atomic mass is 10.1. The first-order valence-electron chi connectivity index (χ1n) is 8.48. The zero-order chi connectivity index (χ0) is 17.4. The van der Waals surface area contributed by atoms with Crippen molar-refractivity contribution in [3.63, 3.8) is 0 Å². The van der Waals surface area contributed by atoms with E-state index < -0.39 is 0 Å². The third kappa shape index (κ3) is 2.89. The minimum absolute atomic E-state index is 0.728. The molecule has 2 aromatic heterocycles. The molecule has 4 aromatic rings. The molecule has 0 amide bonds. The van der Waals surface area contributed by atoms with Gasteiger partial charge in [-0.3, -0.25) is 0 Å². The average molecular weight is 348 g/mol. The third-order valence-electron chi connectivity index (χ3n) is 4.53. The van der Waals surface area contributed by atoms with Gasteiger partial charge in [-0.2, -0.15) is 0 Å². The van der Waals surface area contributed by atoms with Crippen molar-refractivity contribution in [2.75, 3.05) is 0 Å². The van der Waals surface area contributed by atoms with Crippen LogP contribution < -0.4 is 0 Å². The molecule has 0 radical (unpaired) electrons. The summed E-state index contributed by atoms with van der Waals surface area (Å²) >= 11 is 1.64. The Morgan fingerprint density at radius 1 is 1.04 bits per heavy atom. The quantitative estimate of drug-likeness (QED) is 0.492. The molecule has 0 saturated heterocycles. The van der Waals surface area contributed by atoms with E-state index in [9.17, 15) is 0 Å². The number of aryl methyl sites for hydroxylation is 3. The number of nitrogens with zero attached hydrogens (tertiary/aromatic N) is 4. The van der Waals surface area contributed by atoms with Crippen LogP contribution in [0, 0.1) is 13.8 Å². The molecule has 2 aromatic carbocycles. The van der Waals surface area contributed by atoms with Crippen LogP contribution >= 0.6 is 11.8 Å². The molecule has 0 unspecified atom stereocenters. The lowest BCUT2D eigenvalue weighted by Crippen LogP contribution is -1.99. The van der Waals surface area contributed by atoms with Crippen LogP contribution in [-0.4, -0.2) is 19.7 Å². The number of hydrogen-bond acceptors (Lipinski definition) is 4. The van der Waals surface area contributed by atoms with E-state index in [2.05, 4.69) is 71.9 Å². The first-order valence-corrected chi connectivity index (χ1v) is 9.46. The van der Waals surface area contributed by atoms with Crippen molar-refractivity contribution in [1.82, 2.24) is 19.7 Å². The van der Waals surface area contributed by atoms with Crippen LogP contribution in [0.2, 0.25) is 0 Å². The van der Waals surface area contributed by atoms with Gasteiger partial charge in [-0.1, -0.05) is 53.7 Å². The van der Waals surface area contributed by atoms with Crippen molar-refractivity contribution in [1.29, 1.82) is 0 Å². The number of hydrogen-bond donors (Lipinski definition) is 0. The van der Waals surface area contributed by atoms with Gasteiger partial charge in [0.25, 0.3) is 0 Å². The number of fused-ring (bicyclic) bond motifs is 3. The molecule has 0 bridgehead atoms. The SMILES string of the molecule is CCn1c2ccccc2c2nnc(SCc3cc(C)ccc3C)nc21. The largest absolute Gasteiger partial charge is 0.324 e. The maximum Gasteiger partial charge on any atom is 0.211 e. The zero-order valence-corrected chi connectivity index (χ0v) is 15.5. The van der Waals surface area contributed by atoms with Crippen LogP contribution in [0.4, 0.5) is 0 Å². The van der Waals surface area contributed by atoms with Gasteiger partial charge in [0, 0.05) is 17.7 Å². The predicted octanol–water partition coefficient (Wildman–Crippen LogP) is 4.91. The van der Waals surface area contributed by atoms with Gasteiger partial charge in [0.15, 0.2) is 5.65 Å². The van der Waals surface area contributed by atoms with E-state index >= 15 is 0 Å². The van der Waals surface area contributed by atoms with E-state index in [1.807, 2.05) is 6.07 Å². The lowest BCUT2D eigenvalue weighted by molar-refractivity contribution is 0.789. The van der Waals surface area contributed by atoms with Gasteiger partial charge in [0.05, 0.1) is 5.52 Å². The molecule has 2 heterocycles. The summed E-state index contributed by atoms with van der Waals surface area (Å²) in [7, 11) is 0. The zero-order valence-electron chi connectivity index (χ0n) is 14.7. The number of thioether (sulfide) groups is 1. The van der Waals surface area contributed by atoms with Gasteiger partial charge in [0.2, 0.25) is 5.16 Å². The van der Waals surface area contributed by atoms with Crippen molar-refractivity contribution in [3.05, 3.63) is 59.2 Å². The molecule has 0 saturated carbocycles. The standard InChI is InChI=1S/C20H20N4S/c1-4-24-17-8-6-5-7-16(17)18-19(24)21-20(23-22-18)25-12-15-11-13(2)9-10-14(15)3/h5-11H,4,12H2,1-3H3. The summed E-state index contributed by atoms with van der Waals surface area (Å²) < 4.78 is 2.21. The molecule has 0 N–H and O–H groups in total. The lowest BCUT2D eigenvalue weighted by Gasteiger charge is -2.06. The monoisotopic (exact) mass is 348 g/mol. The predicted molar refractivity (Wildman–Crippen MR) is 104 cm³/mol. The molecule has 4 nitrogen and oxygen atoms in total. The summed E-state index contributed by atoms with van der Waals surface area (Å²) in [5.74, 6) is 0.854. The molecular formula is C20H20N4S. The second-order valence-corrected chi connectivity index (χ2v) is 7.19. The molecule has 5 heteroatoms. The van der Waals surface area contributed by atoms with Crippen molar-refractivity contribution in [2.45, 2.75) is 38.2 Å². The maximum absolute atomic E-state index is 4.80. The highest BCUT2D eigenvalue weighted by molar-refractivity contribution is 7.98. The van der Waals surface area contributed by atoms with Gasteiger partial charge in [-0.15, -0.1) is 10.2 Å². The van der Waals surface area contributed by atoms with Crippen LogP contribution in [0.25, 0.3) is 22.1 Å². The van der Waals surface area contributed by atoms with Crippen molar-refractivity contribution in [3.8, 4) is 0 Å². The Morgan fingerprint density at radius 3 is 2.72 bits per heavy atom. The van der Waals surface area contributed by atoms with Gasteiger partial charge in [-0.05, 0) is 38.0 Å². The highest BCUT2D eigenvalue weighted by Gasteiger charge is 2.14. The summed E-state index contributed by atoms with van der Waals surface area (Å²) in [5.41, 5.74) is 6.87. The molecule has 0 aliphatic carbocycles. The Hall–Kier alpha value is -2.40. The smallest absolute Gasteiger partial charge is 0.211 e. The number of benzene rings is 2. The molecule has 0 atom stereocenters. The number of rotatable bonds is 4. The molecule has 0 aliphatic heterocycles. The molecule has 0 fully saturated rings. The molecule has 4 rings (SSSR count). The summed E-state index contributed by atoms with van der Waals surface area (Å²) in [4.78, 5) is 4.80. The Bertz CT molecular complexity index is 1070. The first-order chi connectivity index (χ1) is 12.2. The fourth-order valence-electron chi connectivity index (χ4n) is 3.17. The van der Waals surface area contributed by atoms with E-state index in [0.29, 0.717) is 0 Å². The Kier molecular flexibility index (Phi) is 4.17. The van der Waals surface area contributed by atoms with Crippen LogP contribution in [0.15, 0.2) is 47.6 Å². The normalized spacial score (nSPS) is 11.5. The summed E-state index contributed by atoms with van der Waals surface area (Å²) in [6.07, 6.45) is 0. The second-order valence-electron chi connectivity index (χ2n) is 6.25. The van der Waals surface area contributed by atoms with E-state index in [4.69, 9.17) is 4.98 Å². The van der Waals surface area contributed by atoms with Crippen LogP contribution in [0.3, 0.4) is 0 Å². The van der Waals surface area contributed by atoms with Crippen LogP contribution in [-0.2, 0) is 12.3 Å². The van der Waals surface area contributed by atoms with Crippen molar-refractivity contribution < 1.29 is 0 Å². The topological polar surface area (TPSA) is 43.6 Å². The van der Waals surface area contributed by atoms with E-state index in [-0.39, 0.29) is 0 Å². The third-order valence-corrected chi connectivity index (χ3v) is 5.42. The molecule has 25 heavy (non-hydrogen) atoms. The summed E-state index contributed by atoms with van der Waals surface area (Å²) in [6.45, 7) is 7.27. The summed E-state index contributed by atoms with van der Waals surface area (Å²) in [5, 5.41) is 10.7. The maximum atomic E-state index is 4.80. The Labute approximate surface area is 151 Å². The Morgan fingerprint density at radius 2 is 1.88 bits per heavy atom. The Balaban J connectivity index is 1.71. The molecular weight excluding hydrogens is 328 g/mol. The second kappa shape index (κ2) is 6.48. The van der Waals surface area contributed by atoms with Gasteiger partial charge in [0.1, 0.15) is 5.52 Å². The molecule has 0 spiro atoms. The van der Waals surface area contributed by atoms with Gasteiger partial charge < -0.3 is 4.57 Å². The molecule has 126 valence electrons. The molecule has 0 aliphatic rings. The fraction of sp³-hybridized carbons (Fsp3) is 0.250. The van der Waals surface area contributed by atoms with Crippen molar-refractivity contribution >= 4 is 33.8 Å². The van der Waals surface area contributed by atoms with E-state index in [0.717, 1.165) is 34.0 Å². The minimum Gasteiger partial charge on any atom is -0.324 e. The van der Waals surface area contributed by atoms with Gasteiger partial charge in [-0.25, -0.2) is 4.98 Å². The van der Waals surface area contributed by atoms with Crippen molar-refractivity contribution in [2.24, 2.45) is 0 Å². The average Bonchev–Trinajstić information content (AvgIpc) is 2.95. The number of aromatic nitrogens is 4. The highest BCUT2D eigenvalue weighted by atomic mass is 32.2. The number of para-hydroxylation sites is 1. The first kappa shape index (κ1) is 16.1. The van der Waals surface area contributed by atoms with E-state index in [1.165, 1.54) is 22.2 Å². The van der Waals surface area contributed by atoms with Crippen LogP contribution in [0.1, 0.15) is 23.6 Å².